The molecule has 1 aliphatic rings. The van der Waals surface area contributed by atoms with Crippen LogP contribution >= 0.6 is 11.6 Å². The summed E-state index contributed by atoms with van der Waals surface area (Å²) in [5, 5.41) is 12.3. The molecule has 0 bridgehead atoms. The molecule has 1 aromatic carbocycles. The van der Waals surface area contributed by atoms with Crippen LogP contribution in [0.3, 0.4) is 0 Å². The van der Waals surface area contributed by atoms with E-state index in [9.17, 15) is 22.8 Å². The predicted octanol–water partition coefficient (Wildman–Crippen LogP) is 4.37. The molecule has 34 heavy (non-hydrogen) atoms. The van der Waals surface area contributed by atoms with Crippen LogP contribution in [-0.4, -0.2) is 61.0 Å². The number of carboxylic acid groups (broad SMARTS) is 1. The van der Waals surface area contributed by atoms with Crippen molar-refractivity contribution in [3.63, 3.8) is 0 Å². The number of carbonyl (C=O) groups is 2. The number of aromatic nitrogens is 4. The van der Waals surface area contributed by atoms with E-state index in [0.717, 1.165) is 0 Å². The van der Waals surface area contributed by atoms with Crippen LogP contribution in [0, 0.1) is 0 Å². The van der Waals surface area contributed by atoms with E-state index >= 15 is 0 Å². The van der Waals surface area contributed by atoms with Gasteiger partial charge in [-0.2, -0.15) is 13.2 Å². The maximum atomic E-state index is 13.7. The van der Waals surface area contributed by atoms with Crippen molar-refractivity contribution in [1.29, 1.82) is 0 Å². The van der Waals surface area contributed by atoms with Crippen LogP contribution in [0.2, 0.25) is 5.02 Å². The van der Waals surface area contributed by atoms with Gasteiger partial charge in [-0.1, -0.05) is 11.6 Å². The van der Waals surface area contributed by atoms with Gasteiger partial charge in [0.25, 0.3) is 0 Å². The lowest BCUT2D eigenvalue weighted by Gasteiger charge is -2.30. The SMILES string of the molecule is O=Cc1ccc(-n2cnc(-c3nc(NC4CCN(C(=O)O)CC4)ncc3C(F)(F)F)c2)c(Cl)c1. The number of nitrogens with one attached hydrogen (secondary N) is 1. The van der Waals surface area contributed by atoms with Gasteiger partial charge in [0.1, 0.15) is 29.6 Å². The smallest absolute Gasteiger partial charge is 0.420 e. The molecule has 3 aromatic rings. The zero-order valence-electron chi connectivity index (χ0n) is 17.5. The zero-order valence-corrected chi connectivity index (χ0v) is 18.2. The van der Waals surface area contributed by atoms with Crippen LogP contribution in [0.4, 0.5) is 23.9 Å². The number of carbonyl (C=O) groups excluding carboxylic acids is 1. The van der Waals surface area contributed by atoms with Crippen LogP contribution in [-0.2, 0) is 6.18 Å². The molecule has 0 saturated carbocycles. The van der Waals surface area contributed by atoms with Gasteiger partial charge in [-0.05, 0) is 31.0 Å². The van der Waals surface area contributed by atoms with Crippen LogP contribution < -0.4 is 5.32 Å². The Labute approximate surface area is 196 Å². The first-order chi connectivity index (χ1) is 16.2. The highest BCUT2D eigenvalue weighted by atomic mass is 35.5. The fraction of sp³-hybridized carbons (Fsp3) is 0.286. The van der Waals surface area contributed by atoms with E-state index in [2.05, 4.69) is 20.3 Å². The summed E-state index contributed by atoms with van der Waals surface area (Å²) in [5.41, 5.74) is -0.723. The number of anilines is 1. The molecule has 1 aliphatic heterocycles. The highest BCUT2D eigenvalue weighted by Crippen LogP contribution is 2.36. The minimum atomic E-state index is -4.71. The third-order valence-corrected chi connectivity index (χ3v) is 5.71. The van der Waals surface area contributed by atoms with Gasteiger partial charge in [-0.25, -0.2) is 19.7 Å². The lowest BCUT2D eigenvalue weighted by Crippen LogP contribution is -2.41. The first-order valence-electron chi connectivity index (χ1n) is 10.1. The monoisotopic (exact) mass is 494 g/mol. The van der Waals surface area contributed by atoms with Gasteiger partial charge in [-0.3, -0.25) is 4.79 Å². The van der Waals surface area contributed by atoms with E-state index in [1.165, 1.54) is 34.1 Å². The van der Waals surface area contributed by atoms with Crippen LogP contribution in [0.15, 0.2) is 36.9 Å². The van der Waals surface area contributed by atoms with Crippen molar-refractivity contribution < 1.29 is 27.9 Å². The molecule has 3 heterocycles. The molecular weight excluding hydrogens is 477 g/mol. The van der Waals surface area contributed by atoms with E-state index in [4.69, 9.17) is 16.7 Å². The molecule has 0 unspecified atom stereocenters. The molecule has 0 radical (unpaired) electrons. The molecule has 178 valence electrons. The van der Waals surface area contributed by atoms with Gasteiger partial charge >= 0.3 is 12.3 Å². The van der Waals surface area contributed by atoms with Crippen LogP contribution in [0.5, 0.6) is 0 Å². The number of hydrogen-bond donors (Lipinski definition) is 2. The largest absolute Gasteiger partial charge is 0.465 e. The van der Waals surface area contributed by atoms with Crippen molar-refractivity contribution in [1.82, 2.24) is 24.4 Å². The van der Waals surface area contributed by atoms with Crippen LogP contribution in [0.25, 0.3) is 17.1 Å². The average molecular weight is 495 g/mol. The Hall–Kier alpha value is -3.67. The lowest BCUT2D eigenvalue weighted by molar-refractivity contribution is -0.137. The molecule has 1 amide bonds. The topological polar surface area (TPSA) is 113 Å². The Kier molecular flexibility index (Phi) is 6.42. The van der Waals surface area contributed by atoms with Crippen molar-refractivity contribution >= 4 is 29.9 Å². The van der Waals surface area contributed by atoms with E-state index in [-0.39, 0.29) is 22.7 Å². The number of hydrogen-bond acceptors (Lipinski definition) is 6. The predicted molar refractivity (Wildman–Crippen MR) is 116 cm³/mol. The molecule has 1 fully saturated rings. The average Bonchev–Trinajstić information content (AvgIpc) is 3.28. The van der Waals surface area contributed by atoms with Crippen molar-refractivity contribution in [2.75, 3.05) is 18.4 Å². The molecule has 1 saturated heterocycles. The van der Waals surface area contributed by atoms with E-state index < -0.39 is 23.5 Å². The second-order valence-corrected chi connectivity index (χ2v) is 8.04. The van der Waals surface area contributed by atoms with Gasteiger partial charge in [0.05, 0.1) is 10.7 Å². The third kappa shape index (κ3) is 4.96. The molecule has 0 spiro atoms. The standard InChI is InChI=1S/C21H18ClF3N6O3/c22-15-7-12(10-32)1-2-17(15)31-9-16(27-11-31)18-14(21(23,24)25)8-26-19(29-18)28-13-3-5-30(6-4-13)20(33)34/h1-2,7-11,13H,3-6H2,(H,33,34)(H,26,28,29). The Bertz CT molecular complexity index is 1220. The van der Waals surface area contributed by atoms with Gasteiger partial charge in [0.15, 0.2) is 0 Å². The van der Waals surface area contributed by atoms with Crippen LogP contribution in [0.1, 0.15) is 28.8 Å². The minimum Gasteiger partial charge on any atom is -0.465 e. The number of alkyl halides is 3. The summed E-state index contributed by atoms with van der Waals surface area (Å²) in [7, 11) is 0. The second kappa shape index (κ2) is 9.29. The summed E-state index contributed by atoms with van der Waals surface area (Å²) in [6.07, 6.45) is -0.807. The number of nitrogens with zero attached hydrogens (tertiary/aromatic N) is 5. The molecule has 2 N–H and O–H groups in total. The van der Waals surface area contributed by atoms with Crippen molar-refractivity contribution in [2.45, 2.75) is 25.1 Å². The summed E-state index contributed by atoms with van der Waals surface area (Å²) in [4.78, 5) is 35.2. The highest BCUT2D eigenvalue weighted by Gasteiger charge is 2.36. The Morgan fingerprint density at radius 2 is 1.97 bits per heavy atom. The van der Waals surface area contributed by atoms with Gasteiger partial charge < -0.3 is 19.9 Å². The van der Waals surface area contributed by atoms with Crippen molar-refractivity contribution in [3.8, 4) is 17.1 Å². The van der Waals surface area contributed by atoms with Gasteiger partial charge in [0, 0.05) is 37.1 Å². The van der Waals surface area contributed by atoms with E-state index in [0.29, 0.717) is 49.7 Å². The number of rotatable bonds is 5. The van der Waals surface area contributed by atoms with Gasteiger partial charge in [-0.15, -0.1) is 0 Å². The third-order valence-electron chi connectivity index (χ3n) is 5.40. The number of aldehydes is 1. The molecule has 13 heteroatoms. The zero-order chi connectivity index (χ0) is 24.5. The number of halogens is 4. The Balaban J connectivity index is 1.63. The summed E-state index contributed by atoms with van der Waals surface area (Å²) >= 11 is 6.20. The number of imidazole rings is 1. The number of amides is 1. The first-order valence-corrected chi connectivity index (χ1v) is 10.5. The molecular formula is C21H18ClF3N6O3. The van der Waals surface area contributed by atoms with E-state index in [1.807, 2.05) is 0 Å². The van der Waals surface area contributed by atoms with E-state index in [1.54, 1.807) is 6.07 Å². The molecule has 0 atom stereocenters. The molecule has 4 rings (SSSR count). The van der Waals surface area contributed by atoms with Crippen molar-refractivity contribution in [2.24, 2.45) is 0 Å². The molecule has 9 nitrogen and oxygen atoms in total. The highest BCUT2D eigenvalue weighted by molar-refractivity contribution is 6.32. The van der Waals surface area contributed by atoms with Gasteiger partial charge in [0.2, 0.25) is 5.95 Å². The number of piperidine rings is 1. The quantitative estimate of drug-likeness (QED) is 0.506. The maximum Gasteiger partial charge on any atom is 0.420 e. The second-order valence-electron chi connectivity index (χ2n) is 7.64. The lowest BCUT2D eigenvalue weighted by atomic mass is 10.1. The first kappa shape index (κ1) is 23.5. The summed E-state index contributed by atoms with van der Waals surface area (Å²) in [6, 6.07) is 4.33. The fourth-order valence-electron chi connectivity index (χ4n) is 3.63. The molecule has 0 aliphatic carbocycles. The summed E-state index contributed by atoms with van der Waals surface area (Å²) in [5.74, 6) is -0.0142. The normalized spacial score (nSPS) is 14.8. The summed E-state index contributed by atoms with van der Waals surface area (Å²) < 4.78 is 42.4. The summed E-state index contributed by atoms with van der Waals surface area (Å²) in [6.45, 7) is 0.600. The Morgan fingerprint density at radius 1 is 1.24 bits per heavy atom. The fourth-order valence-corrected chi connectivity index (χ4v) is 3.92. The number of benzene rings is 1. The minimum absolute atomic E-state index is 0.0142. The Morgan fingerprint density at radius 3 is 2.59 bits per heavy atom. The number of likely N-dealkylation sites (tertiary alicyclic amines) is 1. The van der Waals surface area contributed by atoms with Crippen molar-refractivity contribution in [3.05, 3.63) is 53.1 Å². The maximum absolute atomic E-state index is 13.7. The molecule has 2 aromatic heterocycles.